The van der Waals surface area contributed by atoms with Crippen molar-refractivity contribution >= 4 is 11.4 Å². The number of nitrogens with zero attached hydrogens (tertiary/aromatic N) is 2. The molecule has 100 valence electrons. The van der Waals surface area contributed by atoms with Gasteiger partial charge in [-0.1, -0.05) is 0 Å². The van der Waals surface area contributed by atoms with Crippen LogP contribution in [0, 0.1) is 21.4 Å². The Morgan fingerprint density at radius 3 is 3.11 bits per heavy atom. The Kier molecular flexibility index (Phi) is 4.28. The number of morpholine rings is 1. The molecule has 0 saturated carbocycles. The maximum absolute atomic E-state index is 10.6. The van der Waals surface area contributed by atoms with Gasteiger partial charge < -0.3 is 15.4 Å². The Balaban J connectivity index is 2.03. The van der Waals surface area contributed by atoms with Gasteiger partial charge in [0.1, 0.15) is 6.07 Å². The van der Waals surface area contributed by atoms with Crippen LogP contribution in [-0.4, -0.2) is 37.3 Å². The summed E-state index contributed by atoms with van der Waals surface area (Å²) in [5.41, 5.74) is 0.762. The predicted molar refractivity (Wildman–Crippen MR) is 68.9 cm³/mol. The molecule has 1 aliphatic rings. The van der Waals surface area contributed by atoms with E-state index in [1.165, 1.54) is 12.1 Å². The van der Waals surface area contributed by atoms with E-state index in [2.05, 4.69) is 10.6 Å². The number of nitro benzene ring substituents is 1. The highest BCUT2D eigenvalue weighted by atomic mass is 16.6. The van der Waals surface area contributed by atoms with E-state index >= 15 is 0 Å². The molecule has 1 atom stereocenters. The average molecular weight is 262 g/mol. The SMILES string of the molecule is N#Cc1cc([N+](=O)[O-])ccc1NCC1CNCCO1. The number of non-ortho nitro benzene ring substituents is 1. The van der Waals surface area contributed by atoms with Crippen LogP contribution in [0.5, 0.6) is 0 Å². The fraction of sp³-hybridized carbons (Fsp3) is 0.417. The lowest BCUT2D eigenvalue weighted by atomic mass is 10.1. The lowest BCUT2D eigenvalue weighted by Crippen LogP contribution is -2.42. The quantitative estimate of drug-likeness (QED) is 0.616. The van der Waals surface area contributed by atoms with E-state index in [1.807, 2.05) is 6.07 Å². The van der Waals surface area contributed by atoms with Crippen LogP contribution in [0.2, 0.25) is 0 Å². The summed E-state index contributed by atoms with van der Waals surface area (Å²) in [4.78, 5) is 10.1. The van der Waals surface area contributed by atoms with E-state index in [9.17, 15) is 10.1 Å². The second kappa shape index (κ2) is 6.13. The number of benzene rings is 1. The summed E-state index contributed by atoms with van der Waals surface area (Å²) in [6.07, 6.45) is 0.0375. The highest BCUT2D eigenvalue weighted by Crippen LogP contribution is 2.21. The highest BCUT2D eigenvalue weighted by molar-refractivity contribution is 5.61. The topological polar surface area (TPSA) is 100 Å². The zero-order chi connectivity index (χ0) is 13.7. The third-order valence-corrected chi connectivity index (χ3v) is 2.86. The molecule has 7 heteroatoms. The van der Waals surface area contributed by atoms with Crippen LogP contribution >= 0.6 is 0 Å². The molecule has 0 radical (unpaired) electrons. The van der Waals surface area contributed by atoms with Crippen LogP contribution in [0.4, 0.5) is 11.4 Å². The zero-order valence-electron chi connectivity index (χ0n) is 10.3. The molecule has 1 heterocycles. The van der Waals surface area contributed by atoms with Crippen molar-refractivity contribution in [2.45, 2.75) is 6.10 Å². The Morgan fingerprint density at radius 1 is 1.63 bits per heavy atom. The molecule has 1 saturated heterocycles. The van der Waals surface area contributed by atoms with Gasteiger partial charge >= 0.3 is 0 Å². The zero-order valence-corrected chi connectivity index (χ0v) is 10.3. The van der Waals surface area contributed by atoms with Crippen molar-refractivity contribution in [3.8, 4) is 6.07 Å². The Labute approximate surface area is 110 Å². The molecule has 1 unspecified atom stereocenters. The third kappa shape index (κ3) is 3.40. The predicted octanol–water partition coefficient (Wildman–Crippen LogP) is 0.867. The van der Waals surface area contributed by atoms with Gasteiger partial charge in [-0.25, -0.2) is 0 Å². The monoisotopic (exact) mass is 262 g/mol. The molecule has 1 aliphatic heterocycles. The van der Waals surface area contributed by atoms with E-state index in [4.69, 9.17) is 10.00 Å². The minimum Gasteiger partial charge on any atom is -0.381 e. The maximum atomic E-state index is 10.6. The van der Waals surface area contributed by atoms with Crippen LogP contribution in [0.1, 0.15) is 5.56 Å². The van der Waals surface area contributed by atoms with E-state index in [-0.39, 0.29) is 17.4 Å². The van der Waals surface area contributed by atoms with Gasteiger partial charge in [-0.15, -0.1) is 0 Å². The van der Waals surface area contributed by atoms with Gasteiger partial charge in [0, 0.05) is 31.8 Å². The van der Waals surface area contributed by atoms with Gasteiger partial charge in [0.05, 0.1) is 28.9 Å². The van der Waals surface area contributed by atoms with Crippen molar-refractivity contribution in [1.82, 2.24) is 5.32 Å². The fourth-order valence-corrected chi connectivity index (χ4v) is 1.87. The summed E-state index contributed by atoms with van der Waals surface area (Å²) in [5.74, 6) is 0. The third-order valence-electron chi connectivity index (χ3n) is 2.86. The largest absolute Gasteiger partial charge is 0.381 e. The van der Waals surface area contributed by atoms with Gasteiger partial charge in [0.25, 0.3) is 5.69 Å². The van der Waals surface area contributed by atoms with Crippen LogP contribution in [0.15, 0.2) is 18.2 Å². The first-order valence-electron chi connectivity index (χ1n) is 5.95. The molecule has 7 nitrogen and oxygen atoms in total. The first-order chi connectivity index (χ1) is 9.20. The van der Waals surface area contributed by atoms with Crippen LogP contribution < -0.4 is 10.6 Å². The number of anilines is 1. The summed E-state index contributed by atoms with van der Waals surface area (Å²) in [6.45, 7) is 2.82. The smallest absolute Gasteiger partial charge is 0.270 e. The molecule has 2 N–H and O–H groups in total. The Bertz CT molecular complexity index is 506. The van der Waals surface area contributed by atoms with Crippen molar-refractivity contribution in [3.05, 3.63) is 33.9 Å². The number of nitro groups is 1. The lowest BCUT2D eigenvalue weighted by molar-refractivity contribution is -0.384. The van der Waals surface area contributed by atoms with Gasteiger partial charge in [-0.2, -0.15) is 5.26 Å². The van der Waals surface area contributed by atoms with Crippen molar-refractivity contribution in [2.75, 3.05) is 31.6 Å². The molecule has 1 aromatic carbocycles. The van der Waals surface area contributed by atoms with Crippen molar-refractivity contribution in [2.24, 2.45) is 0 Å². The summed E-state index contributed by atoms with van der Waals surface area (Å²) < 4.78 is 5.52. The van der Waals surface area contributed by atoms with Gasteiger partial charge in [-0.3, -0.25) is 10.1 Å². The van der Waals surface area contributed by atoms with Crippen LogP contribution in [0.25, 0.3) is 0 Å². The summed E-state index contributed by atoms with van der Waals surface area (Å²) in [6, 6.07) is 6.15. The highest BCUT2D eigenvalue weighted by Gasteiger charge is 2.15. The van der Waals surface area contributed by atoms with E-state index in [0.29, 0.717) is 18.8 Å². The Morgan fingerprint density at radius 2 is 2.47 bits per heavy atom. The minimum absolute atomic E-state index is 0.0375. The molecule has 1 fully saturated rings. The van der Waals surface area contributed by atoms with Gasteiger partial charge in [-0.05, 0) is 6.07 Å². The Hall–Kier alpha value is -2.17. The molecule has 0 spiro atoms. The second-order valence-electron chi connectivity index (χ2n) is 4.18. The normalized spacial score (nSPS) is 18.6. The summed E-state index contributed by atoms with van der Waals surface area (Å²) in [5, 5.41) is 25.9. The molecule has 1 aromatic rings. The molecule has 0 bridgehead atoms. The van der Waals surface area contributed by atoms with Crippen LogP contribution in [-0.2, 0) is 4.74 Å². The van der Waals surface area contributed by atoms with Crippen molar-refractivity contribution in [1.29, 1.82) is 5.26 Å². The standard InChI is InChI=1S/C12H14N4O3/c13-6-9-5-10(16(17)18)1-2-12(9)15-8-11-7-14-3-4-19-11/h1-2,5,11,14-15H,3-4,7-8H2. The molecular formula is C12H14N4O3. The molecule has 0 aliphatic carbocycles. The molecule has 2 rings (SSSR count). The average Bonchev–Trinajstić information content (AvgIpc) is 2.45. The number of rotatable bonds is 4. The van der Waals surface area contributed by atoms with Crippen molar-refractivity contribution < 1.29 is 9.66 Å². The molecule has 0 amide bonds. The first-order valence-corrected chi connectivity index (χ1v) is 5.95. The second-order valence-corrected chi connectivity index (χ2v) is 4.18. The van der Waals surface area contributed by atoms with Gasteiger partial charge in [0.2, 0.25) is 0 Å². The number of nitriles is 1. The number of hydrogen-bond donors (Lipinski definition) is 2. The first kappa shape index (κ1) is 13.3. The number of nitrogens with one attached hydrogen (secondary N) is 2. The van der Waals surface area contributed by atoms with E-state index in [0.717, 1.165) is 13.1 Å². The molecule has 19 heavy (non-hydrogen) atoms. The molecular weight excluding hydrogens is 248 g/mol. The molecule has 0 aromatic heterocycles. The summed E-state index contributed by atoms with van der Waals surface area (Å²) in [7, 11) is 0. The minimum atomic E-state index is -0.515. The number of ether oxygens (including phenoxy) is 1. The maximum Gasteiger partial charge on any atom is 0.270 e. The fourth-order valence-electron chi connectivity index (χ4n) is 1.87. The van der Waals surface area contributed by atoms with Gasteiger partial charge in [0.15, 0.2) is 0 Å². The van der Waals surface area contributed by atoms with Crippen molar-refractivity contribution in [3.63, 3.8) is 0 Å². The number of hydrogen-bond acceptors (Lipinski definition) is 6. The lowest BCUT2D eigenvalue weighted by Gasteiger charge is -2.24. The summed E-state index contributed by atoms with van der Waals surface area (Å²) >= 11 is 0. The van der Waals surface area contributed by atoms with Crippen LogP contribution in [0.3, 0.4) is 0 Å². The van der Waals surface area contributed by atoms with E-state index < -0.39 is 4.92 Å². The van der Waals surface area contributed by atoms with E-state index in [1.54, 1.807) is 6.07 Å².